The Labute approximate surface area is 158 Å². The van der Waals surface area contributed by atoms with Crippen LogP contribution in [0.5, 0.6) is 0 Å². The van der Waals surface area contributed by atoms with Gasteiger partial charge in [-0.2, -0.15) is 0 Å². The predicted molar refractivity (Wildman–Crippen MR) is 116 cm³/mol. The minimum Gasteiger partial charge on any atom is -0.354 e. The van der Waals surface area contributed by atoms with E-state index in [1.807, 2.05) is 0 Å². The van der Waals surface area contributed by atoms with Gasteiger partial charge in [0.05, 0.1) is 0 Å². The Morgan fingerprint density at radius 2 is 1.08 bits per heavy atom. The van der Waals surface area contributed by atoms with Crippen molar-refractivity contribution in [1.29, 1.82) is 0 Å². The van der Waals surface area contributed by atoms with E-state index in [-0.39, 0.29) is 0 Å². The van der Waals surface area contributed by atoms with Crippen LogP contribution in [-0.4, -0.2) is 4.98 Å². The third-order valence-corrected chi connectivity index (χ3v) is 5.92. The Hall–Kier alpha value is -2.84. The lowest BCUT2D eigenvalue weighted by Crippen LogP contribution is -1.84. The zero-order valence-electron chi connectivity index (χ0n) is 13.9. The fourth-order valence-electron chi connectivity index (χ4n) is 4.27. The number of halogens is 1. The molecule has 1 aromatic heterocycles. The Balaban J connectivity index is 1.95. The molecule has 0 aliphatic heterocycles. The normalized spacial score (nSPS) is 12.0. The van der Waals surface area contributed by atoms with Gasteiger partial charge >= 0.3 is 0 Å². The van der Waals surface area contributed by atoms with E-state index in [0.717, 1.165) is 4.47 Å². The van der Waals surface area contributed by atoms with Crippen molar-refractivity contribution in [3.63, 3.8) is 0 Å². The van der Waals surface area contributed by atoms with E-state index >= 15 is 0 Å². The molecule has 0 atom stereocenters. The van der Waals surface area contributed by atoms with E-state index in [1.54, 1.807) is 0 Å². The van der Waals surface area contributed by atoms with Crippen LogP contribution in [0.2, 0.25) is 0 Å². The SMILES string of the molecule is Brc1ccc2c(c1)c1ccccc1c1cc3c(cc21)[nH]c1ccccc13. The number of para-hydroxylation sites is 1. The van der Waals surface area contributed by atoms with Crippen molar-refractivity contribution in [3.8, 4) is 0 Å². The quantitative estimate of drug-likeness (QED) is 0.255. The summed E-state index contributed by atoms with van der Waals surface area (Å²) in [6.45, 7) is 0. The summed E-state index contributed by atoms with van der Waals surface area (Å²) in [7, 11) is 0. The molecule has 122 valence electrons. The van der Waals surface area contributed by atoms with Crippen LogP contribution in [0.4, 0.5) is 0 Å². The van der Waals surface area contributed by atoms with Crippen LogP contribution in [0.15, 0.2) is 83.3 Å². The topological polar surface area (TPSA) is 15.8 Å². The fraction of sp³-hybridized carbons (Fsp3) is 0. The molecule has 6 rings (SSSR count). The molecule has 6 aromatic rings. The summed E-state index contributed by atoms with van der Waals surface area (Å²) in [5.41, 5.74) is 2.38. The number of benzene rings is 5. The summed E-state index contributed by atoms with van der Waals surface area (Å²) in [6, 6.07) is 28.5. The molecule has 1 nitrogen and oxygen atoms in total. The van der Waals surface area contributed by atoms with Gasteiger partial charge in [0.25, 0.3) is 0 Å². The molecule has 0 radical (unpaired) electrons. The van der Waals surface area contributed by atoms with E-state index in [9.17, 15) is 0 Å². The van der Waals surface area contributed by atoms with E-state index in [2.05, 4.69) is 99.8 Å². The number of aromatic amines is 1. The van der Waals surface area contributed by atoms with Gasteiger partial charge in [-0.05, 0) is 62.6 Å². The van der Waals surface area contributed by atoms with Crippen molar-refractivity contribution in [2.45, 2.75) is 0 Å². The van der Waals surface area contributed by atoms with E-state index in [4.69, 9.17) is 0 Å². The molecule has 26 heavy (non-hydrogen) atoms. The lowest BCUT2D eigenvalue weighted by atomic mass is 9.93. The summed E-state index contributed by atoms with van der Waals surface area (Å²) >= 11 is 3.64. The smallest absolute Gasteiger partial charge is 0.0471 e. The second-order valence-electron chi connectivity index (χ2n) is 6.85. The second-order valence-corrected chi connectivity index (χ2v) is 7.77. The third-order valence-electron chi connectivity index (χ3n) is 5.42. The fourth-order valence-corrected chi connectivity index (χ4v) is 4.63. The van der Waals surface area contributed by atoms with Crippen LogP contribution in [0, 0.1) is 0 Å². The Kier molecular flexibility index (Phi) is 2.81. The van der Waals surface area contributed by atoms with Gasteiger partial charge in [-0.25, -0.2) is 0 Å². The van der Waals surface area contributed by atoms with Crippen LogP contribution in [0.3, 0.4) is 0 Å². The minimum absolute atomic E-state index is 1.11. The van der Waals surface area contributed by atoms with Gasteiger partial charge in [-0.15, -0.1) is 0 Å². The maximum Gasteiger partial charge on any atom is 0.0471 e. The number of nitrogens with one attached hydrogen (secondary N) is 1. The lowest BCUT2D eigenvalue weighted by Gasteiger charge is -2.11. The standard InChI is InChI=1S/C24H14BrN/c25-14-9-10-17-19(11-14)15-5-1-2-6-16(15)20-12-22-18-7-3-4-8-23(18)26-24(22)13-21(17)20/h1-13,26H. The van der Waals surface area contributed by atoms with Crippen molar-refractivity contribution < 1.29 is 0 Å². The lowest BCUT2D eigenvalue weighted by molar-refractivity contribution is 1.56. The van der Waals surface area contributed by atoms with Crippen molar-refractivity contribution >= 4 is 70.1 Å². The molecule has 0 bridgehead atoms. The van der Waals surface area contributed by atoms with Crippen molar-refractivity contribution in [1.82, 2.24) is 4.98 Å². The van der Waals surface area contributed by atoms with Crippen molar-refractivity contribution in [2.24, 2.45) is 0 Å². The first-order valence-electron chi connectivity index (χ1n) is 8.74. The minimum atomic E-state index is 1.11. The van der Waals surface area contributed by atoms with Crippen LogP contribution >= 0.6 is 15.9 Å². The number of fused-ring (bicyclic) bond motifs is 9. The summed E-state index contributed by atoms with van der Waals surface area (Å²) in [5, 5.41) is 10.4. The Morgan fingerprint density at radius 1 is 0.462 bits per heavy atom. The van der Waals surface area contributed by atoms with Crippen LogP contribution in [-0.2, 0) is 0 Å². The average Bonchev–Trinajstić information content (AvgIpc) is 3.04. The van der Waals surface area contributed by atoms with Gasteiger partial charge < -0.3 is 4.98 Å². The first kappa shape index (κ1) is 14.3. The number of rotatable bonds is 0. The maximum absolute atomic E-state index is 3.64. The molecule has 0 unspecified atom stereocenters. The first-order valence-corrected chi connectivity index (χ1v) is 9.53. The molecule has 0 saturated carbocycles. The molecule has 0 fully saturated rings. The molecule has 0 saturated heterocycles. The van der Waals surface area contributed by atoms with Crippen LogP contribution in [0.1, 0.15) is 0 Å². The highest BCUT2D eigenvalue weighted by molar-refractivity contribution is 9.10. The molecular weight excluding hydrogens is 382 g/mol. The van der Waals surface area contributed by atoms with Gasteiger partial charge in [0.2, 0.25) is 0 Å². The summed E-state index contributed by atoms with van der Waals surface area (Å²) in [4.78, 5) is 3.58. The van der Waals surface area contributed by atoms with E-state index < -0.39 is 0 Å². The first-order chi connectivity index (χ1) is 12.8. The molecule has 0 aliphatic carbocycles. The van der Waals surface area contributed by atoms with Crippen LogP contribution in [0.25, 0.3) is 54.1 Å². The largest absolute Gasteiger partial charge is 0.354 e. The zero-order valence-corrected chi connectivity index (χ0v) is 15.5. The molecule has 2 heteroatoms. The molecular formula is C24H14BrN. The van der Waals surface area contributed by atoms with Crippen molar-refractivity contribution in [2.75, 3.05) is 0 Å². The number of hydrogen-bond donors (Lipinski definition) is 1. The van der Waals surface area contributed by atoms with Gasteiger partial charge in [0.15, 0.2) is 0 Å². The monoisotopic (exact) mass is 395 g/mol. The third kappa shape index (κ3) is 1.85. The molecule has 1 N–H and O–H groups in total. The predicted octanol–water partition coefficient (Wildman–Crippen LogP) is 7.54. The van der Waals surface area contributed by atoms with Gasteiger partial charge in [-0.1, -0.05) is 64.5 Å². The molecule has 0 spiro atoms. The number of aromatic nitrogens is 1. The molecule has 0 aliphatic rings. The summed E-state index contributed by atoms with van der Waals surface area (Å²) in [5.74, 6) is 0. The molecule has 0 amide bonds. The summed E-state index contributed by atoms with van der Waals surface area (Å²) in [6.07, 6.45) is 0. The Morgan fingerprint density at radius 3 is 1.88 bits per heavy atom. The van der Waals surface area contributed by atoms with Gasteiger partial charge in [0, 0.05) is 26.3 Å². The highest BCUT2D eigenvalue weighted by Crippen LogP contribution is 2.39. The highest BCUT2D eigenvalue weighted by atomic mass is 79.9. The second kappa shape index (κ2) is 5.09. The summed E-state index contributed by atoms with van der Waals surface area (Å²) < 4.78 is 1.11. The number of hydrogen-bond acceptors (Lipinski definition) is 0. The molecule has 1 heterocycles. The zero-order chi connectivity index (χ0) is 17.3. The maximum atomic E-state index is 3.64. The Bertz CT molecular complexity index is 1490. The van der Waals surface area contributed by atoms with Crippen LogP contribution < -0.4 is 0 Å². The van der Waals surface area contributed by atoms with Crippen molar-refractivity contribution in [3.05, 3.63) is 83.3 Å². The molecule has 5 aromatic carbocycles. The highest BCUT2D eigenvalue weighted by Gasteiger charge is 2.12. The van der Waals surface area contributed by atoms with Gasteiger partial charge in [0.1, 0.15) is 0 Å². The number of H-pyrrole nitrogens is 1. The van der Waals surface area contributed by atoms with Gasteiger partial charge in [-0.3, -0.25) is 0 Å². The van der Waals surface area contributed by atoms with E-state index in [1.165, 1.54) is 54.1 Å². The average molecular weight is 396 g/mol. The van der Waals surface area contributed by atoms with E-state index in [0.29, 0.717) is 0 Å².